The van der Waals surface area contributed by atoms with Crippen LogP contribution in [0, 0.1) is 32.1 Å². The molecule has 1 aliphatic rings. The maximum Gasteiger partial charge on any atom is 0.143 e. The van der Waals surface area contributed by atoms with Crippen molar-refractivity contribution in [3.63, 3.8) is 0 Å². The molecule has 0 aliphatic carbocycles. The predicted molar refractivity (Wildman–Crippen MR) is 126 cm³/mol. The normalized spacial score (nSPS) is 16.2. The van der Waals surface area contributed by atoms with Gasteiger partial charge in [-0.05, 0) is 45.7 Å². The van der Waals surface area contributed by atoms with Crippen LogP contribution in [0.5, 0.6) is 0 Å². The second kappa shape index (κ2) is 8.09. The molecule has 33 heavy (non-hydrogen) atoms. The lowest BCUT2D eigenvalue weighted by atomic mass is 9.77. The van der Waals surface area contributed by atoms with Crippen molar-refractivity contribution in [3.05, 3.63) is 58.9 Å². The molecule has 0 saturated carbocycles. The summed E-state index contributed by atoms with van der Waals surface area (Å²) in [5.41, 5.74) is 6.21. The Labute approximate surface area is 193 Å². The number of rotatable bonds is 4. The third-order valence-electron chi connectivity index (χ3n) is 6.99. The molecule has 1 saturated heterocycles. The van der Waals surface area contributed by atoms with Crippen molar-refractivity contribution >= 4 is 10.9 Å². The number of hydrogen-bond acceptors (Lipinski definition) is 6. The van der Waals surface area contributed by atoms with Gasteiger partial charge in [0, 0.05) is 42.5 Å². The molecule has 168 valence electrons. The number of fused-ring (bicyclic) bond motifs is 1. The van der Waals surface area contributed by atoms with E-state index in [4.69, 9.17) is 9.97 Å². The van der Waals surface area contributed by atoms with E-state index in [-0.39, 0.29) is 0 Å². The maximum absolute atomic E-state index is 10.2. The number of para-hydroxylation sites is 1. The molecule has 8 heteroatoms. The molecule has 4 heterocycles. The molecule has 0 atom stereocenters. The van der Waals surface area contributed by atoms with Crippen molar-refractivity contribution in [2.45, 2.75) is 45.6 Å². The van der Waals surface area contributed by atoms with Crippen molar-refractivity contribution in [1.82, 2.24) is 34.8 Å². The molecule has 1 aromatic carbocycles. The number of benzene rings is 1. The molecular weight excluding hydrogens is 412 g/mol. The first-order chi connectivity index (χ1) is 15.9. The smallest absolute Gasteiger partial charge is 0.143 e. The minimum atomic E-state index is -0.564. The Morgan fingerprint density at radius 1 is 1.09 bits per heavy atom. The van der Waals surface area contributed by atoms with Crippen LogP contribution in [0.15, 0.2) is 30.3 Å². The molecule has 1 fully saturated rings. The minimum Gasteiger partial charge on any atom is -0.296 e. The van der Waals surface area contributed by atoms with Crippen molar-refractivity contribution in [1.29, 1.82) is 5.26 Å². The minimum absolute atomic E-state index is 0.564. The quantitative estimate of drug-likeness (QED) is 0.519. The lowest BCUT2D eigenvalue weighted by molar-refractivity contribution is 0.173. The number of nitrogens with zero attached hydrogens (tertiary/aromatic N) is 7. The summed E-state index contributed by atoms with van der Waals surface area (Å²) in [6.45, 7) is 8.37. The Kier molecular flexibility index (Phi) is 5.22. The molecular formula is C25H28N8. The summed E-state index contributed by atoms with van der Waals surface area (Å²) in [5, 5.41) is 23.5. The fourth-order valence-corrected chi connectivity index (χ4v) is 4.94. The number of H-pyrrole nitrogens is 1. The number of nitriles is 1. The number of likely N-dealkylation sites (tertiary alicyclic amines) is 1. The molecule has 0 amide bonds. The van der Waals surface area contributed by atoms with Gasteiger partial charge in [0.2, 0.25) is 0 Å². The summed E-state index contributed by atoms with van der Waals surface area (Å²) < 4.78 is 1.87. The van der Waals surface area contributed by atoms with Gasteiger partial charge < -0.3 is 0 Å². The highest BCUT2D eigenvalue weighted by Crippen LogP contribution is 2.36. The Bertz CT molecular complexity index is 1370. The van der Waals surface area contributed by atoms with E-state index < -0.39 is 5.41 Å². The first kappa shape index (κ1) is 21.3. The number of aromatic nitrogens is 6. The van der Waals surface area contributed by atoms with Crippen LogP contribution >= 0.6 is 0 Å². The molecule has 1 N–H and O–H groups in total. The number of aromatic amines is 1. The van der Waals surface area contributed by atoms with Crippen LogP contribution in [-0.4, -0.2) is 47.9 Å². The van der Waals surface area contributed by atoms with Gasteiger partial charge in [0.15, 0.2) is 0 Å². The summed E-state index contributed by atoms with van der Waals surface area (Å²) >= 11 is 0. The molecule has 0 bridgehead atoms. The van der Waals surface area contributed by atoms with Crippen LogP contribution < -0.4 is 0 Å². The summed E-state index contributed by atoms with van der Waals surface area (Å²) in [7, 11) is 1.94. The summed E-state index contributed by atoms with van der Waals surface area (Å²) in [6.07, 6.45) is 1.48. The molecule has 0 unspecified atom stereocenters. The van der Waals surface area contributed by atoms with Crippen molar-refractivity contribution < 1.29 is 0 Å². The fourth-order valence-electron chi connectivity index (χ4n) is 4.94. The zero-order chi connectivity index (χ0) is 23.2. The van der Waals surface area contributed by atoms with Gasteiger partial charge in [-0.25, -0.2) is 9.97 Å². The maximum atomic E-state index is 10.2. The Morgan fingerprint density at radius 2 is 1.85 bits per heavy atom. The van der Waals surface area contributed by atoms with Gasteiger partial charge in [-0.15, -0.1) is 0 Å². The zero-order valence-corrected chi connectivity index (χ0v) is 19.6. The summed E-state index contributed by atoms with van der Waals surface area (Å²) in [5.74, 6) is 0.835. The van der Waals surface area contributed by atoms with Crippen LogP contribution in [0.3, 0.4) is 0 Å². The van der Waals surface area contributed by atoms with E-state index >= 15 is 0 Å². The largest absolute Gasteiger partial charge is 0.296 e. The second-order valence-electron chi connectivity index (χ2n) is 9.05. The van der Waals surface area contributed by atoms with E-state index in [2.05, 4.69) is 32.3 Å². The number of aryl methyl sites for hydroxylation is 3. The first-order valence-corrected chi connectivity index (χ1v) is 11.3. The van der Waals surface area contributed by atoms with Crippen molar-refractivity contribution in [2.24, 2.45) is 7.05 Å². The summed E-state index contributed by atoms with van der Waals surface area (Å²) in [4.78, 5) is 11.8. The number of nitrogens with one attached hydrogen (secondary N) is 1. The highest BCUT2D eigenvalue weighted by Gasteiger charge is 2.38. The van der Waals surface area contributed by atoms with Gasteiger partial charge in [-0.2, -0.15) is 15.5 Å². The van der Waals surface area contributed by atoms with E-state index in [9.17, 15) is 5.26 Å². The monoisotopic (exact) mass is 440 g/mol. The first-order valence-electron chi connectivity index (χ1n) is 11.3. The van der Waals surface area contributed by atoms with Crippen molar-refractivity contribution in [3.8, 4) is 17.3 Å². The molecule has 0 radical (unpaired) electrons. The number of piperidine rings is 1. The van der Waals surface area contributed by atoms with E-state index in [1.165, 1.54) is 0 Å². The molecule has 5 rings (SSSR count). The van der Waals surface area contributed by atoms with Crippen LogP contribution in [0.2, 0.25) is 0 Å². The average molecular weight is 441 g/mol. The second-order valence-corrected chi connectivity index (χ2v) is 9.05. The van der Waals surface area contributed by atoms with E-state index in [1.54, 1.807) is 0 Å². The zero-order valence-electron chi connectivity index (χ0n) is 19.6. The average Bonchev–Trinajstić information content (AvgIpc) is 3.39. The molecule has 1 aliphatic heterocycles. The van der Waals surface area contributed by atoms with Crippen LogP contribution in [-0.2, 0) is 19.0 Å². The Hall–Kier alpha value is -3.57. The van der Waals surface area contributed by atoms with Gasteiger partial charge in [0.1, 0.15) is 11.2 Å². The SMILES string of the molecule is Cc1nn(C)c(C)c1-c1cc(C2(C#N)CCN(Cc3nc(C)c4ccccc4n3)CC2)[nH]n1. The van der Waals surface area contributed by atoms with Crippen LogP contribution in [0.1, 0.15) is 41.4 Å². The van der Waals surface area contributed by atoms with E-state index in [1.807, 2.05) is 56.8 Å². The summed E-state index contributed by atoms with van der Waals surface area (Å²) in [6, 6.07) is 12.8. The standard InChI is InChI=1S/C25H28N8/c1-16-19-7-5-6-8-20(19)28-23(27-16)14-33-11-9-25(15-26,10-12-33)22-13-21(29-30-22)24-17(2)31-32(4)18(24)3/h5-8,13H,9-12,14H2,1-4H3,(H,29,30). The Morgan fingerprint density at radius 3 is 2.55 bits per heavy atom. The van der Waals surface area contributed by atoms with Gasteiger partial charge >= 0.3 is 0 Å². The molecule has 3 aromatic heterocycles. The third kappa shape index (κ3) is 3.68. The van der Waals surface area contributed by atoms with Crippen molar-refractivity contribution in [2.75, 3.05) is 13.1 Å². The number of hydrogen-bond donors (Lipinski definition) is 1. The highest BCUT2D eigenvalue weighted by molar-refractivity contribution is 5.80. The topological polar surface area (TPSA) is 99.3 Å². The third-order valence-corrected chi connectivity index (χ3v) is 6.99. The van der Waals surface area contributed by atoms with Crippen LogP contribution in [0.25, 0.3) is 22.2 Å². The van der Waals surface area contributed by atoms with Crippen LogP contribution in [0.4, 0.5) is 0 Å². The lowest BCUT2D eigenvalue weighted by Crippen LogP contribution is -2.42. The predicted octanol–water partition coefficient (Wildman–Crippen LogP) is 3.74. The Balaban J connectivity index is 1.33. The van der Waals surface area contributed by atoms with Gasteiger partial charge in [0.25, 0.3) is 0 Å². The molecule has 0 spiro atoms. The highest BCUT2D eigenvalue weighted by atomic mass is 15.3. The molecule has 4 aromatic rings. The fraction of sp³-hybridized carbons (Fsp3) is 0.400. The van der Waals surface area contributed by atoms with Gasteiger partial charge in [0.05, 0.1) is 35.2 Å². The van der Waals surface area contributed by atoms with E-state index in [0.717, 1.165) is 76.7 Å². The van der Waals surface area contributed by atoms with Gasteiger partial charge in [-0.3, -0.25) is 14.7 Å². The van der Waals surface area contributed by atoms with Gasteiger partial charge in [-0.1, -0.05) is 18.2 Å². The molecule has 8 nitrogen and oxygen atoms in total. The van der Waals surface area contributed by atoms with E-state index in [0.29, 0.717) is 6.54 Å². The lowest BCUT2D eigenvalue weighted by Gasteiger charge is -2.36.